The van der Waals surface area contributed by atoms with E-state index in [1.807, 2.05) is 35.7 Å². The highest BCUT2D eigenvalue weighted by molar-refractivity contribution is 7.17. The molecule has 5 aromatic rings. The summed E-state index contributed by atoms with van der Waals surface area (Å²) in [5.74, 6) is -1.04. The molecule has 0 spiro atoms. The summed E-state index contributed by atoms with van der Waals surface area (Å²) < 4.78 is 6.07. The Morgan fingerprint density at radius 2 is 1.65 bits per heavy atom. The van der Waals surface area contributed by atoms with Crippen molar-refractivity contribution < 1.29 is 19.1 Å². The first-order valence-electron chi connectivity index (χ1n) is 11.2. The second-order valence-electron chi connectivity index (χ2n) is 8.49. The molecule has 0 unspecified atom stereocenters. The number of hydrogen-bond donors (Lipinski definition) is 1. The summed E-state index contributed by atoms with van der Waals surface area (Å²) in [4.78, 5) is 42.6. The minimum absolute atomic E-state index is 0.190. The predicted octanol–water partition coefficient (Wildman–Crippen LogP) is 7.00. The molecular formula is C28H18ClN3O4S. The van der Waals surface area contributed by atoms with Gasteiger partial charge in [-0.3, -0.25) is 14.5 Å². The quantitative estimate of drug-likeness (QED) is 0.267. The van der Waals surface area contributed by atoms with Crippen molar-refractivity contribution in [3.05, 3.63) is 94.3 Å². The third kappa shape index (κ3) is 3.61. The summed E-state index contributed by atoms with van der Waals surface area (Å²) in [6.45, 7) is 0. The van der Waals surface area contributed by atoms with Gasteiger partial charge in [0.25, 0.3) is 5.91 Å². The molecular weight excluding hydrogens is 510 g/mol. The standard InChI is InChI=1S/C28H18ClN3O4S/c1-36-28(35)32-21-8-6-17(26(30)33)12-23(21)31(24-14-37-25-9-7-18(29)13-19(24)25)27(34)20-10-15-4-2-3-5-16(15)11-22(20)32/h2-14H,1H3,(H2,30,33). The van der Waals surface area contributed by atoms with Gasteiger partial charge >= 0.3 is 6.09 Å². The lowest BCUT2D eigenvalue weighted by Gasteiger charge is -2.25. The zero-order valence-corrected chi connectivity index (χ0v) is 21.0. The van der Waals surface area contributed by atoms with Crippen LogP contribution in [0.3, 0.4) is 0 Å². The first-order chi connectivity index (χ1) is 17.9. The number of amides is 3. The van der Waals surface area contributed by atoms with E-state index in [-0.39, 0.29) is 11.5 Å². The van der Waals surface area contributed by atoms with Crippen LogP contribution < -0.4 is 15.5 Å². The third-order valence-corrected chi connectivity index (χ3v) is 7.58. The summed E-state index contributed by atoms with van der Waals surface area (Å²) >= 11 is 7.78. The average molecular weight is 528 g/mol. The molecule has 0 bridgehead atoms. The van der Waals surface area contributed by atoms with E-state index in [0.29, 0.717) is 33.3 Å². The maximum atomic E-state index is 14.4. The Kier molecular flexibility index (Phi) is 5.36. The fraction of sp³-hybridized carbons (Fsp3) is 0.0357. The molecule has 7 nitrogen and oxygen atoms in total. The van der Waals surface area contributed by atoms with Gasteiger partial charge in [-0.25, -0.2) is 9.69 Å². The Bertz CT molecular complexity index is 1780. The number of rotatable bonds is 2. The molecule has 0 aliphatic carbocycles. The van der Waals surface area contributed by atoms with Crippen LogP contribution >= 0.6 is 22.9 Å². The Hall–Kier alpha value is -4.40. The second-order valence-corrected chi connectivity index (χ2v) is 9.84. The van der Waals surface area contributed by atoms with Crippen molar-refractivity contribution in [2.75, 3.05) is 16.9 Å². The number of fused-ring (bicyclic) bond motifs is 4. The SMILES string of the molecule is COC(=O)N1c2cc3ccccc3cc2C(=O)N(c2csc3ccc(Cl)cc23)c2cc(C(N)=O)ccc21. The van der Waals surface area contributed by atoms with E-state index in [2.05, 4.69) is 0 Å². The highest BCUT2D eigenvalue weighted by Crippen LogP contribution is 2.48. The van der Waals surface area contributed by atoms with Gasteiger partial charge in [-0.15, -0.1) is 11.3 Å². The molecule has 6 rings (SSSR count). The van der Waals surface area contributed by atoms with Crippen LogP contribution in [0, 0.1) is 0 Å². The lowest BCUT2D eigenvalue weighted by molar-refractivity contribution is 0.0990. The molecule has 9 heteroatoms. The third-order valence-electron chi connectivity index (χ3n) is 6.39. The van der Waals surface area contributed by atoms with E-state index in [0.717, 1.165) is 20.9 Å². The normalized spacial score (nSPS) is 12.9. The number of benzene rings is 4. The van der Waals surface area contributed by atoms with Gasteiger partial charge in [0.15, 0.2) is 0 Å². The first-order valence-corrected chi connectivity index (χ1v) is 12.5. The van der Waals surface area contributed by atoms with Gasteiger partial charge in [-0.05, 0) is 59.3 Å². The molecule has 37 heavy (non-hydrogen) atoms. The highest BCUT2D eigenvalue weighted by Gasteiger charge is 2.37. The van der Waals surface area contributed by atoms with Crippen LogP contribution in [-0.2, 0) is 4.74 Å². The first kappa shape index (κ1) is 23.0. The van der Waals surface area contributed by atoms with Gasteiger partial charge in [-0.2, -0.15) is 0 Å². The summed E-state index contributed by atoms with van der Waals surface area (Å²) in [5.41, 5.74) is 7.70. The van der Waals surface area contributed by atoms with Crippen LogP contribution in [0.2, 0.25) is 5.02 Å². The molecule has 182 valence electrons. The number of ether oxygens (including phenoxy) is 1. The number of anilines is 4. The summed E-state index contributed by atoms with van der Waals surface area (Å²) in [5, 5.41) is 4.81. The van der Waals surface area contributed by atoms with Gasteiger partial charge in [-0.1, -0.05) is 35.9 Å². The van der Waals surface area contributed by atoms with E-state index in [1.54, 1.807) is 30.3 Å². The maximum Gasteiger partial charge on any atom is 0.418 e. The van der Waals surface area contributed by atoms with E-state index in [9.17, 15) is 14.4 Å². The smallest absolute Gasteiger partial charge is 0.418 e. The number of thiophene rings is 1. The molecule has 0 saturated carbocycles. The largest absolute Gasteiger partial charge is 0.452 e. The van der Waals surface area contributed by atoms with Crippen molar-refractivity contribution >= 4 is 84.5 Å². The predicted molar refractivity (Wildman–Crippen MR) is 147 cm³/mol. The van der Waals surface area contributed by atoms with Crippen molar-refractivity contribution in [1.29, 1.82) is 0 Å². The lowest BCUT2D eigenvalue weighted by Crippen LogP contribution is -2.26. The van der Waals surface area contributed by atoms with Gasteiger partial charge < -0.3 is 10.5 Å². The fourth-order valence-corrected chi connectivity index (χ4v) is 5.76. The van der Waals surface area contributed by atoms with Crippen LogP contribution in [0.15, 0.2) is 78.2 Å². The highest BCUT2D eigenvalue weighted by atomic mass is 35.5. The van der Waals surface area contributed by atoms with Crippen molar-refractivity contribution in [2.24, 2.45) is 5.73 Å². The Labute approximate surface area is 220 Å². The molecule has 2 heterocycles. The maximum absolute atomic E-state index is 14.4. The minimum Gasteiger partial charge on any atom is -0.452 e. The van der Waals surface area contributed by atoms with Gasteiger partial charge in [0.2, 0.25) is 5.91 Å². The molecule has 1 aliphatic rings. The Morgan fingerprint density at radius 1 is 0.892 bits per heavy atom. The molecule has 1 aliphatic heterocycles. The van der Waals surface area contributed by atoms with Crippen molar-refractivity contribution in [2.45, 2.75) is 0 Å². The average Bonchev–Trinajstić information content (AvgIpc) is 3.27. The van der Waals surface area contributed by atoms with Gasteiger partial charge in [0.1, 0.15) is 0 Å². The molecule has 0 radical (unpaired) electrons. The number of halogens is 1. The molecule has 3 amide bonds. The van der Waals surface area contributed by atoms with Crippen LogP contribution in [0.5, 0.6) is 0 Å². The fourth-order valence-electron chi connectivity index (χ4n) is 4.68. The number of nitrogens with two attached hydrogens (primary N) is 1. The molecule has 2 N–H and O–H groups in total. The molecule has 0 fully saturated rings. The molecule has 0 saturated heterocycles. The van der Waals surface area contributed by atoms with Crippen LogP contribution in [0.1, 0.15) is 20.7 Å². The van der Waals surface area contributed by atoms with Crippen LogP contribution in [0.25, 0.3) is 20.9 Å². The minimum atomic E-state index is -0.683. The monoisotopic (exact) mass is 527 g/mol. The van der Waals surface area contributed by atoms with E-state index in [4.69, 9.17) is 22.1 Å². The Balaban J connectivity index is 1.74. The van der Waals surface area contributed by atoms with Gasteiger partial charge in [0.05, 0.1) is 35.4 Å². The zero-order chi connectivity index (χ0) is 25.8. The van der Waals surface area contributed by atoms with Crippen molar-refractivity contribution in [3.8, 4) is 0 Å². The molecule has 0 atom stereocenters. The zero-order valence-electron chi connectivity index (χ0n) is 19.4. The number of primary amides is 1. The van der Waals surface area contributed by atoms with E-state index < -0.39 is 12.0 Å². The van der Waals surface area contributed by atoms with Crippen LogP contribution in [0.4, 0.5) is 27.5 Å². The lowest BCUT2D eigenvalue weighted by atomic mass is 10.0. The number of nitrogens with zero attached hydrogens (tertiary/aromatic N) is 2. The van der Waals surface area contributed by atoms with Crippen molar-refractivity contribution in [3.63, 3.8) is 0 Å². The number of hydrogen-bond acceptors (Lipinski definition) is 5. The number of methoxy groups -OCH3 is 1. The van der Waals surface area contributed by atoms with E-state index >= 15 is 0 Å². The number of carbonyl (C=O) groups excluding carboxylic acids is 3. The van der Waals surface area contributed by atoms with Crippen LogP contribution in [-0.4, -0.2) is 25.0 Å². The number of carbonyl (C=O) groups is 3. The summed E-state index contributed by atoms with van der Waals surface area (Å²) in [6, 6.07) is 21.2. The summed E-state index contributed by atoms with van der Waals surface area (Å²) in [6.07, 6.45) is -0.683. The second kappa shape index (κ2) is 8.62. The topological polar surface area (TPSA) is 92.9 Å². The molecule has 4 aromatic carbocycles. The Morgan fingerprint density at radius 3 is 2.38 bits per heavy atom. The summed E-state index contributed by atoms with van der Waals surface area (Å²) in [7, 11) is 1.28. The van der Waals surface area contributed by atoms with Gasteiger partial charge in [0, 0.05) is 26.1 Å². The van der Waals surface area contributed by atoms with E-state index in [1.165, 1.54) is 40.4 Å². The molecule has 1 aromatic heterocycles. The van der Waals surface area contributed by atoms with Crippen molar-refractivity contribution in [1.82, 2.24) is 0 Å².